The lowest BCUT2D eigenvalue weighted by Crippen LogP contribution is -2.09. The van der Waals surface area contributed by atoms with Crippen molar-refractivity contribution in [3.05, 3.63) is 57.6 Å². The number of nitriles is 1. The molecule has 1 aromatic heterocycles. The summed E-state index contributed by atoms with van der Waals surface area (Å²) in [4.78, 5) is 16.6. The molecule has 0 fully saturated rings. The van der Waals surface area contributed by atoms with Gasteiger partial charge in [-0.25, -0.2) is 4.98 Å². The van der Waals surface area contributed by atoms with Crippen LogP contribution in [0.15, 0.2) is 41.3 Å². The van der Waals surface area contributed by atoms with Crippen molar-refractivity contribution in [2.24, 2.45) is 0 Å². The maximum atomic E-state index is 12.4. The third-order valence-corrected chi connectivity index (χ3v) is 4.38. The molecule has 0 saturated carbocycles. The molecule has 118 valence electrons. The number of ether oxygens (including phenoxy) is 1. The number of benzene rings is 1. The number of ketones is 1. The Morgan fingerprint density at radius 3 is 2.83 bits per heavy atom. The van der Waals surface area contributed by atoms with E-state index in [1.54, 1.807) is 7.11 Å². The first-order valence-electron chi connectivity index (χ1n) is 7.19. The van der Waals surface area contributed by atoms with Crippen LogP contribution in [0.5, 0.6) is 5.75 Å². The zero-order valence-electron chi connectivity index (χ0n) is 13.4. The fourth-order valence-corrected chi connectivity index (χ4v) is 3.12. The molecule has 0 aliphatic rings. The summed E-state index contributed by atoms with van der Waals surface area (Å²) >= 11 is 1.34. The van der Waals surface area contributed by atoms with E-state index in [0.29, 0.717) is 11.4 Å². The van der Waals surface area contributed by atoms with Gasteiger partial charge in [0.25, 0.3) is 0 Å². The normalized spacial score (nSPS) is 12.5. The molecule has 0 N–H and O–H groups in total. The summed E-state index contributed by atoms with van der Waals surface area (Å²) in [6.07, 6.45) is 2.14. The highest BCUT2D eigenvalue weighted by atomic mass is 32.1. The first kappa shape index (κ1) is 16.9. The molecule has 4 nitrogen and oxygen atoms in total. The van der Waals surface area contributed by atoms with Gasteiger partial charge in [0.2, 0.25) is 0 Å². The third kappa shape index (κ3) is 4.27. The first-order valence-corrected chi connectivity index (χ1v) is 8.07. The van der Waals surface area contributed by atoms with E-state index in [2.05, 4.69) is 11.1 Å². The van der Waals surface area contributed by atoms with Crippen LogP contribution in [0.4, 0.5) is 0 Å². The Kier molecular flexibility index (Phi) is 5.67. The van der Waals surface area contributed by atoms with E-state index >= 15 is 0 Å². The average molecular weight is 326 g/mol. The Labute approximate surface area is 140 Å². The topological polar surface area (TPSA) is 63.0 Å². The van der Waals surface area contributed by atoms with Gasteiger partial charge < -0.3 is 4.74 Å². The smallest absolute Gasteiger partial charge is 0.179 e. The highest BCUT2D eigenvalue weighted by molar-refractivity contribution is 7.10. The van der Waals surface area contributed by atoms with Gasteiger partial charge in [0.05, 0.1) is 13.2 Å². The average Bonchev–Trinajstić information content (AvgIpc) is 2.94. The maximum Gasteiger partial charge on any atom is 0.179 e. The van der Waals surface area contributed by atoms with Crippen molar-refractivity contribution in [3.8, 4) is 11.8 Å². The Hall–Kier alpha value is -2.45. The van der Waals surface area contributed by atoms with Crippen LogP contribution in [0.25, 0.3) is 0 Å². The van der Waals surface area contributed by atoms with Crippen molar-refractivity contribution in [3.63, 3.8) is 0 Å². The summed E-state index contributed by atoms with van der Waals surface area (Å²) < 4.78 is 5.32. The van der Waals surface area contributed by atoms with Crippen LogP contribution in [0.3, 0.4) is 0 Å². The number of para-hydroxylation sites is 1. The monoisotopic (exact) mass is 326 g/mol. The van der Waals surface area contributed by atoms with Crippen LogP contribution in [-0.2, 0) is 11.2 Å². The van der Waals surface area contributed by atoms with E-state index in [1.165, 1.54) is 17.4 Å². The van der Waals surface area contributed by atoms with Crippen molar-refractivity contribution < 1.29 is 9.53 Å². The number of aryl methyl sites for hydroxylation is 1. The molecular weight excluding hydrogens is 308 g/mol. The van der Waals surface area contributed by atoms with Crippen molar-refractivity contribution in [2.45, 2.75) is 26.2 Å². The minimum Gasteiger partial charge on any atom is -0.496 e. The van der Waals surface area contributed by atoms with Gasteiger partial charge in [-0.3, -0.25) is 4.79 Å². The van der Waals surface area contributed by atoms with Gasteiger partial charge >= 0.3 is 0 Å². The van der Waals surface area contributed by atoms with Gasteiger partial charge in [0.15, 0.2) is 11.7 Å². The predicted octanol–water partition coefficient (Wildman–Crippen LogP) is 3.83. The number of hydrogen-bond donors (Lipinski definition) is 0. The Balaban J connectivity index is 2.16. The third-order valence-electron chi connectivity index (χ3n) is 3.35. The minimum absolute atomic E-state index is 0.228. The fraction of sp³-hybridized carbons (Fsp3) is 0.278. The number of aromatic nitrogens is 1. The van der Waals surface area contributed by atoms with Crippen LogP contribution in [0, 0.1) is 18.3 Å². The molecule has 1 aromatic carbocycles. The molecule has 1 atom stereocenters. The molecule has 2 aromatic rings. The molecule has 0 aliphatic carbocycles. The van der Waals surface area contributed by atoms with Crippen LogP contribution in [0.1, 0.15) is 29.1 Å². The van der Waals surface area contributed by atoms with E-state index in [1.807, 2.05) is 43.5 Å². The molecule has 1 unspecified atom stereocenters. The van der Waals surface area contributed by atoms with Crippen molar-refractivity contribution in [1.82, 2.24) is 4.98 Å². The lowest BCUT2D eigenvalue weighted by molar-refractivity contribution is -0.114. The van der Waals surface area contributed by atoms with Crippen molar-refractivity contribution in [2.75, 3.05) is 7.11 Å². The number of carbonyl (C=O) groups excluding carboxylic acids is 1. The Bertz CT molecular complexity index is 771. The predicted molar refractivity (Wildman–Crippen MR) is 90.7 cm³/mol. The second kappa shape index (κ2) is 7.70. The van der Waals surface area contributed by atoms with Gasteiger partial charge in [-0.1, -0.05) is 23.8 Å². The number of carbonyl (C=O) groups is 1. The second-order valence-corrected chi connectivity index (χ2v) is 6.16. The molecule has 23 heavy (non-hydrogen) atoms. The largest absolute Gasteiger partial charge is 0.496 e. The van der Waals surface area contributed by atoms with Gasteiger partial charge in [-0.05, 0) is 38.0 Å². The molecule has 0 radical (unpaired) electrons. The maximum absolute atomic E-state index is 12.4. The van der Waals surface area contributed by atoms with Crippen molar-refractivity contribution in [1.29, 1.82) is 5.26 Å². The summed E-state index contributed by atoms with van der Waals surface area (Å²) in [6.45, 7) is 3.73. The molecule has 0 amide bonds. The van der Waals surface area contributed by atoms with Crippen LogP contribution in [-0.4, -0.2) is 17.9 Å². The summed E-state index contributed by atoms with van der Waals surface area (Å²) in [6, 6.07) is 9.75. The van der Waals surface area contributed by atoms with Gasteiger partial charge in [-0.2, -0.15) is 5.26 Å². The van der Waals surface area contributed by atoms with Gasteiger partial charge in [0, 0.05) is 11.1 Å². The number of thiazole rings is 1. The minimum atomic E-state index is -0.832. The SMILES string of the molecule is COc1ccccc1C/C(C)=C/C(=O)C(C#N)c1nc(C)cs1. The molecule has 0 aliphatic heterocycles. The summed E-state index contributed by atoms with van der Waals surface area (Å²) in [5.74, 6) is -0.268. The lowest BCUT2D eigenvalue weighted by atomic mass is 10.0. The molecule has 0 spiro atoms. The number of rotatable bonds is 6. The molecule has 1 heterocycles. The highest BCUT2D eigenvalue weighted by Gasteiger charge is 2.21. The summed E-state index contributed by atoms with van der Waals surface area (Å²) in [5, 5.41) is 11.7. The summed E-state index contributed by atoms with van der Waals surface area (Å²) in [5.41, 5.74) is 2.72. The van der Waals surface area contributed by atoms with E-state index in [0.717, 1.165) is 22.6 Å². The Morgan fingerprint density at radius 2 is 2.22 bits per heavy atom. The highest BCUT2D eigenvalue weighted by Crippen LogP contribution is 2.23. The number of nitrogens with zero attached hydrogens (tertiary/aromatic N) is 2. The van der Waals surface area contributed by atoms with Gasteiger partial charge in [0.1, 0.15) is 10.8 Å². The van der Waals surface area contributed by atoms with Crippen LogP contribution < -0.4 is 4.74 Å². The Morgan fingerprint density at radius 1 is 1.48 bits per heavy atom. The van der Waals surface area contributed by atoms with E-state index in [-0.39, 0.29) is 5.78 Å². The van der Waals surface area contributed by atoms with Crippen LogP contribution in [0.2, 0.25) is 0 Å². The van der Waals surface area contributed by atoms with E-state index in [4.69, 9.17) is 4.74 Å². The van der Waals surface area contributed by atoms with Crippen molar-refractivity contribution >= 4 is 17.1 Å². The quantitative estimate of drug-likeness (QED) is 0.757. The number of methoxy groups -OCH3 is 1. The first-order chi connectivity index (χ1) is 11.0. The molecule has 5 heteroatoms. The molecule has 2 rings (SSSR count). The standard InChI is InChI=1S/C18H18N2O2S/c1-12(8-14-6-4-5-7-17(14)22-3)9-16(21)15(10-19)18-20-13(2)11-23-18/h4-7,9,11,15H,8H2,1-3H3/b12-9+. The fourth-order valence-electron chi connectivity index (χ4n) is 2.27. The number of allylic oxidation sites excluding steroid dienone is 2. The summed E-state index contributed by atoms with van der Waals surface area (Å²) in [7, 11) is 1.62. The zero-order valence-corrected chi connectivity index (χ0v) is 14.2. The molecule has 0 saturated heterocycles. The van der Waals surface area contributed by atoms with Crippen LogP contribution >= 0.6 is 11.3 Å². The second-order valence-electron chi connectivity index (χ2n) is 5.27. The molecule has 0 bridgehead atoms. The zero-order chi connectivity index (χ0) is 16.8. The van der Waals surface area contributed by atoms with E-state index < -0.39 is 5.92 Å². The number of hydrogen-bond acceptors (Lipinski definition) is 5. The lowest BCUT2D eigenvalue weighted by Gasteiger charge is -2.08. The van der Waals surface area contributed by atoms with Gasteiger partial charge in [-0.15, -0.1) is 11.3 Å². The van der Waals surface area contributed by atoms with E-state index in [9.17, 15) is 10.1 Å². The molecular formula is C18H18N2O2S.